The molecule has 2 aromatic heterocycles. The summed E-state index contributed by atoms with van der Waals surface area (Å²) in [6, 6.07) is 16.6. The molecule has 7 rings (SSSR count). The fraction of sp³-hybridized carbons (Fsp3) is 0.432. The van der Waals surface area contributed by atoms with E-state index < -0.39 is 17.7 Å². The zero-order valence-corrected chi connectivity index (χ0v) is 29.1. The van der Waals surface area contributed by atoms with Crippen molar-refractivity contribution in [2.45, 2.75) is 70.6 Å². The van der Waals surface area contributed by atoms with E-state index in [0.717, 1.165) is 94.3 Å². The molecular weight excluding hydrogens is 632 g/mol. The number of carboxylic acids is 1. The molecule has 2 aliphatic heterocycles. The first kappa shape index (κ1) is 32.2. The third-order valence-corrected chi connectivity index (χ3v) is 10.9. The molecule has 2 saturated heterocycles. The number of aryl methyl sites for hydroxylation is 2. The van der Waals surface area contributed by atoms with Crippen LogP contribution in [0, 0.1) is 6.92 Å². The van der Waals surface area contributed by atoms with E-state index in [0.29, 0.717) is 22.5 Å². The zero-order valence-electron chi connectivity index (χ0n) is 27.5. The summed E-state index contributed by atoms with van der Waals surface area (Å²) in [4.78, 5) is 20.5. The van der Waals surface area contributed by atoms with Crippen LogP contribution in [0.5, 0.6) is 0 Å². The van der Waals surface area contributed by atoms with Gasteiger partial charge in [0.05, 0.1) is 33.6 Å². The highest BCUT2D eigenvalue weighted by atomic mass is 35.5. The Bertz CT molecular complexity index is 1950. The number of halogens is 1. The maximum Gasteiger partial charge on any atom is 0.337 e. The Morgan fingerprint density at radius 3 is 2.47 bits per heavy atom. The molecule has 0 radical (unpaired) electrons. The van der Waals surface area contributed by atoms with E-state index in [4.69, 9.17) is 31.2 Å². The van der Waals surface area contributed by atoms with E-state index in [1.54, 1.807) is 11.3 Å². The topological polar surface area (TPSA) is 89.7 Å². The second-order valence-corrected chi connectivity index (χ2v) is 15.3. The summed E-state index contributed by atoms with van der Waals surface area (Å²) in [7, 11) is 2.02. The second kappa shape index (κ2) is 12.6. The number of ether oxygens (including phenoxy) is 2. The van der Waals surface area contributed by atoms with Gasteiger partial charge in [0, 0.05) is 52.7 Å². The number of carbonyl (C=O) groups is 1. The number of likely N-dealkylation sites (tertiary alicyclic amines) is 1. The summed E-state index contributed by atoms with van der Waals surface area (Å²) in [6.07, 6.45) is 2.14. The fourth-order valence-electron chi connectivity index (χ4n) is 7.24. The van der Waals surface area contributed by atoms with Crippen molar-refractivity contribution in [3.05, 3.63) is 70.4 Å². The lowest BCUT2D eigenvalue weighted by Gasteiger charge is -2.34. The molecule has 2 fully saturated rings. The molecule has 3 aromatic carbocycles. The summed E-state index contributed by atoms with van der Waals surface area (Å²) in [5.74, 6) is -0.625. The maximum absolute atomic E-state index is 12.7. The smallest absolute Gasteiger partial charge is 0.337 e. The zero-order chi connectivity index (χ0) is 33.0. The Morgan fingerprint density at radius 2 is 1.81 bits per heavy atom. The minimum Gasteiger partial charge on any atom is -0.479 e. The predicted octanol–water partition coefficient (Wildman–Crippen LogP) is 8.39. The normalized spacial score (nSPS) is 18.8. The van der Waals surface area contributed by atoms with Gasteiger partial charge in [-0.25, -0.2) is 9.78 Å². The van der Waals surface area contributed by atoms with Crippen LogP contribution >= 0.6 is 22.9 Å². The van der Waals surface area contributed by atoms with E-state index in [1.165, 1.54) is 5.39 Å². The minimum atomic E-state index is -1.16. The Balaban J connectivity index is 1.31. The summed E-state index contributed by atoms with van der Waals surface area (Å²) in [6.45, 7) is 11.4. The van der Waals surface area contributed by atoms with E-state index >= 15 is 0 Å². The van der Waals surface area contributed by atoms with Crippen molar-refractivity contribution in [3.8, 4) is 21.7 Å². The van der Waals surface area contributed by atoms with Gasteiger partial charge < -0.3 is 14.6 Å². The second-order valence-electron chi connectivity index (χ2n) is 13.9. The lowest BCUT2D eigenvalue weighted by molar-refractivity contribution is -0.160. The summed E-state index contributed by atoms with van der Waals surface area (Å²) in [5.41, 5.74) is 6.60. The SMILES string of the molecule is Cc1cc2nc(-c3ccc4c(c3)c(C3CCN([C@@H]5CCOC5)CC3)nn4C)sc2c(-c2ccc(Cl)cc2)c1[C@H](OC(C)(C)C)C(=O)O. The maximum atomic E-state index is 12.7. The van der Waals surface area contributed by atoms with Gasteiger partial charge in [-0.2, -0.15) is 5.10 Å². The van der Waals surface area contributed by atoms with Gasteiger partial charge in [-0.3, -0.25) is 9.58 Å². The van der Waals surface area contributed by atoms with Crippen molar-refractivity contribution < 1.29 is 19.4 Å². The minimum absolute atomic E-state index is 0.403. The Morgan fingerprint density at radius 1 is 1.09 bits per heavy atom. The average Bonchev–Trinajstić information content (AvgIpc) is 3.79. The number of rotatable bonds is 7. The number of benzene rings is 3. The number of aromatic nitrogens is 3. The van der Waals surface area contributed by atoms with E-state index in [2.05, 4.69) is 23.1 Å². The molecule has 2 aliphatic rings. The molecule has 246 valence electrons. The van der Waals surface area contributed by atoms with E-state index in [9.17, 15) is 9.90 Å². The van der Waals surface area contributed by atoms with Crippen LogP contribution in [0.2, 0.25) is 5.02 Å². The number of hydrogen-bond donors (Lipinski definition) is 1. The molecule has 0 unspecified atom stereocenters. The molecule has 5 aromatic rings. The van der Waals surface area contributed by atoms with Gasteiger partial charge >= 0.3 is 5.97 Å². The van der Waals surface area contributed by atoms with Gasteiger partial charge in [0.25, 0.3) is 0 Å². The van der Waals surface area contributed by atoms with Gasteiger partial charge in [0.2, 0.25) is 0 Å². The number of hydrogen-bond acceptors (Lipinski definition) is 7. The lowest BCUT2D eigenvalue weighted by Crippen LogP contribution is -2.41. The molecule has 4 heterocycles. The average molecular weight is 673 g/mol. The molecule has 47 heavy (non-hydrogen) atoms. The lowest BCUT2D eigenvalue weighted by atomic mass is 9.90. The van der Waals surface area contributed by atoms with Gasteiger partial charge in [-0.05, 0) is 108 Å². The van der Waals surface area contributed by atoms with Crippen LogP contribution in [0.1, 0.15) is 68.9 Å². The third kappa shape index (κ3) is 6.32. The van der Waals surface area contributed by atoms with E-state index in [1.807, 2.05) is 69.8 Å². The van der Waals surface area contributed by atoms with Crippen LogP contribution in [-0.2, 0) is 21.3 Å². The molecule has 0 spiro atoms. The van der Waals surface area contributed by atoms with Crippen molar-refractivity contribution in [2.24, 2.45) is 7.05 Å². The summed E-state index contributed by atoms with van der Waals surface area (Å²) >= 11 is 7.86. The third-order valence-electron chi connectivity index (χ3n) is 9.48. The molecular formula is C37H41ClN4O4S. The van der Waals surface area contributed by atoms with Crippen molar-refractivity contribution in [2.75, 3.05) is 26.3 Å². The molecule has 2 atom stereocenters. The first-order valence-corrected chi connectivity index (χ1v) is 17.6. The molecule has 10 heteroatoms. The molecule has 0 saturated carbocycles. The quantitative estimate of drug-likeness (QED) is 0.186. The van der Waals surface area contributed by atoms with Crippen molar-refractivity contribution in [3.63, 3.8) is 0 Å². The largest absolute Gasteiger partial charge is 0.479 e. The summed E-state index contributed by atoms with van der Waals surface area (Å²) < 4.78 is 14.8. The standard InChI is InChI=1S/C37H41ClN4O4S/c1-21-18-28-34(31(22-6-9-25(38)10-7-22)30(21)33(36(43)44)46-37(2,3)4)47-35(39-28)24-8-11-29-27(19-24)32(40-41(29)5)23-12-15-42(16-13-23)26-14-17-45-20-26/h6-11,18-19,23,26,33H,12-17,20H2,1-5H3,(H,43,44)/t26-,33+/m1/s1. The van der Waals surface area contributed by atoms with Crippen LogP contribution in [-0.4, -0.2) is 68.7 Å². The Hall–Kier alpha value is -3.34. The number of nitrogens with zero attached hydrogens (tertiary/aromatic N) is 4. The number of piperidine rings is 1. The van der Waals surface area contributed by atoms with Crippen LogP contribution in [0.25, 0.3) is 42.8 Å². The molecule has 8 nitrogen and oxygen atoms in total. The molecule has 0 aliphatic carbocycles. The van der Waals surface area contributed by atoms with Crippen LogP contribution < -0.4 is 0 Å². The van der Waals surface area contributed by atoms with Gasteiger partial charge in [-0.1, -0.05) is 23.7 Å². The number of carboxylic acid groups (broad SMARTS) is 1. The number of thiazole rings is 1. The predicted molar refractivity (Wildman–Crippen MR) is 188 cm³/mol. The number of aliphatic carboxylic acids is 1. The first-order valence-electron chi connectivity index (χ1n) is 16.4. The molecule has 0 amide bonds. The highest BCUT2D eigenvalue weighted by molar-refractivity contribution is 7.22. The summed E-state index contributed by atoms with van der Waals surface area (Å²) in [5, 5.41) is 18.1. The first-order chi connectivity index (χ1) is 22.5. The van der Waals surface area contributed by atoms with Crippen LogP contribution in [0.15, 0.2) is 48.5 Å². The van der Waals surface area contributed by atoms with E-state index in [-0.39, 0.29) is 0 Å². The molecule has 0 bridgehead atoms. The van der Waals surface area contributed by atoms with Gasteiger partial charge in [-0.15, -0.1) is 11.3 Å². The highest BCUT2D eigenvalue weighted by Gasteiger charge is 2.33. The van der Waals surface area contributed by atoms with Crippen LogP contribution in [0.4, 0.5) is 0 Å². The Labute approximate surface area is 284 Å². The molecule has 1 N–H and O–H groups in total. The van der Waals surface area contributed by atoms with Crippen molar-refractivity contribution in [1.82, 2.24) is 19.7 Å². The number of fused-ring (bicyclic) bond motifs is 2. The van der Waals surface area contributed by atoms with Crippen molar-refractivity contribution in [1.29, 1.82) is 0 Å². The highest BCUT2D eigenvalue weighted by Crippen LogP contribution is 2.45. The fourth-order valence-corrected chi connectivity index (χ4v) is 8.48. The van der Waals surface area contributed by atoms with Crippen molar-refractivity contribution >= 4 is 50.0 Å². The van der Waals surface area contributed by atoms with Gasteiger partial charge in [0.1, 0.15) is 5.01 Å². The Kier molecular flexibility index (Phi) is 8.64. The van der Waals surface area contributed by atoms with Crippen LogP contribution in [0.3, 0.4) is 0 Å². The van der Waals surface area contributed by atoms with Gasteiger partial charge in [0.15, 0.2) is 6.10 Å². The monoisotopic (exact) mass is 672 g/mol.